The molecule has 0 aliphatic carbocycles. The number of hydrogen-bond donors (Lipinski definition) is 0. The van der Waals surface area contributed by atoms with Gasteiger partial charge < -0.3 is 0 Å². The van der Waals surface area contributed by atoms with Crippen molar-refractivity contribution in [1.29, 1.82) is 0 Å². The smallest absolute Gasteiger partial charge is 0.152 e. The van der Waals surface area contributed by atoms with E-state index in [1.165, 1.54) is 13.0 Å². The van der Waals surface area contributed by atoms with Gasteiger partial charge in [-0.3, -0.25) is 9.79 Å². The maximum Gasteiger partial charge on any atom is 0.152 e. The van der Waals surface area contributed by atoms with Crippen molar-refractivity contribution in [3.05, 3.63) is 108 Å². The summed E-state index contributed by atoms with van der Waals surface area (Å²) < 4.78 is 0. The van der Waals surface area contributed by atoms with Crippen molar-refractivity contribution in [2.24, 2.45) is 4.99 Å². The molecule has 2 aromatic carbocycles. The second kappa shape index (κ2) is 9.11. The highest BCUT2D eigenvalue weighted by Gasteiger charge is 2.04. The van der Waals surface area contributed by atoms with Crippen LogP contribution in [0.5, 0.6) is 0 Å². The van der Waals surface area contributed by atoms with E-state index >= 15 is 0 Å². The van der Waals surface area contributed by atoms with Gasteiger partial charge in [-0.2, -0.15) is 0 Å². The van der Waals surface area contributed by atoms with Gasteiger partial charge in [-0.1, -0.05) is 78.9 Å². The Morgan fingerprint density at radius 1 is 0.783 bits per heavy atom. The van der Waals surface area contributed by atoms with Gasteiger partial charge in [0.05, 0.1) is 5.71 Å². The predicted octanol–water partition coefficient (Wildman–Crippen LogP) is 4.74. The average molecular weight is 301 g/mol. The lowest BCUT2D eigenvalue weighted by Crippen LogP contribution is -2.02. The summed E-state index contributed by atoms with van der Waals surface area (Å²) in [5.74, 6) is 0.0343. The highest BCUT2D eigenvalue weighted by atomic mass is 16.1. The maximum absolute atomic E-state index is 10.8. The predicted molar refractivity (Wildman–Crippen MR) is 96.6 cm³/mol. The number of carbonyl (C=O) groups is 1. The normalized spacial score (nSPS) is 11.3. The number of ketones is 1. The molecule has 114 valence electrons. The van der Waals surface area contributed by atoms with Crippen LogP contribution in [0.3, 0.4) is 0 Å². The lowest BCUT2D eigenvalue weighted by atomic mass is 10.0. The first-order valence-corrected chi connectivity index (χ1v) is 7.46. The minimum atomic E-state index is 0.0343. The van der Waals surface area contributed by atoms with E-state index in [1.807, 2.05) is 72.8 Å². The Morgan fingerprint density at radius 2 is 1.30 bits per heavy atom. The summed E-state index contributed by atoms with van der Waals surface area (Å²) >= 11 is 0. The summed E-state index contributed by atoms with van der Waals surface area (Å²) in [5.41, 5.74) is 3.07. The summed E-state index contributed by atoms with van der Waals surface area (Å²) in [5, 5.41) is 0. The van der Waals surface area contributed by atoms with Crippen LogP contribution in [0.15, 0.2) is 102 Å². The summed E-state index contributed by atoms with van der Waals surface area (Å²) in [4.78, 5) is 15.4. The zero-order valence-electron chi connectivity index (χ0n) is 13.1. The van der Waals surface area contributed by atoms with Crippen LogP contribution in [0.1, 0.15) is 18.1 Å². The van der Waals surface area contributed by atoms with Crippen LogP contribution in [0.4, 0.5) is 0 Å². The zero-order chi connectivity index (χ0) is 16.3. The number of nitrogens with zero attached hydrogens (tertiary/aromatic N) is 1. The van der Waals surface area contributed by atoms with E-state index in [2.05, 4.69) is 4.99 Å². The molecule has 0 unspecified atom stereocenters. The van der Waals surface area contributed by atoms with E-state index in [0.717, 1.165) is 16.8 Å². The van der Waals surface area contributed by atoms with Gasteiger partial charge in [0.15, 0.2) is 5.78 Å². The van der Waals surface area contributed by atoms with Gasteiger partial charge in [0.2, 0.25) is 0 Å². The molecule has 0 aliphatic heterocycles. The topological polar surface area (TPSA) is 29.4 Å². The van der Waals surface area contributed by atoms with E-state index in [9.17, 15) is 4.79 Å². The molecular formula is C21H19NO. The molecule has 0 radical (unpaired) electrons. The third kappa shape index (κ3) is 5.71. The molecule has 0 bridgehead atoms. The Bertz CT molecular complexity index is 696. The van der Waals surface area contributed by atoms with E-state index in [1.54, 1.807) is 18.4 Å². The maximum atomic E-state index is 10.8. The Balaban J connectivity index is 2.20. The third-order valence-electron chi connectivity index (χ3n) is 3.05. The van der Waals surface area contributed by atoms with Gasteiger partial charge in [-0.15, -0.1) is 0 Å². The fraction of sp³-hybridized carbons (Fsp3) is 0.0476. The molecular weight excluding hydrogens is 282 g/mol. The molecule has 0 saturated carbocycles. The van der Waals surface area contributed by atoms with Crippen molar-refractivity contribution >= 4 is 11.5 Å². The highest BCUT2D eigenvalue weighted by molar-refractivity contribution is 6.13. The molecule has 2 nitrogen and oxygen atoms in total. The summed E-state index contributed by atoms with van der Waals surface area (Å²) in [7, 11) is 0. The number of carbonyl (C=O) groups excluding carboxylic acids is 1. The Morgan fingerprint density at radius 3 is 1.83 bits per heavy atom. The van der Waals surface area contributed by atoms with Gasteiger partial charge >= 0.3 is 0 Å². The molecule has 0 fully saturated rings. The lowest BCUT2D eigenvalue weighted by Gasteiger charge is -2.05. The standard InChI is InChI=1S/C21H19NO/c1-18(23)12-6-2-3-11-17-22-21(19-13-7-4-8-14-19)20-15-9-5-10-16-20/h2-17H,1H3. The van der Waals surface area contributed by atoms with E-state index < -0.39 is 0 Å². The third-order valence-corrected chi connectivity index (χ3v) is 3.05. The van der Waals surface area contributed by atoms with E-state index in [0.29, 0.717) is 0 Å². The van der Waals surface area contributed by atoms with Gasteiger partial charge in [0.25, 0.3) is 0 Å². The largest absolute Gasteiger partial charge is 0.295 e. The molecule has 0 atom stereocenters. The molecule has 0 heterocycles. The van der Waals surface area contributed by atoms with Crippen LogP contribution in [-0.4, -0.2) is 11.5 Å². The Labute approximate surface area is 137 Å². The van der Waals surface area contributed by atoms with Crippen molar-refractivity contribution in [3.8, 4) is 0 Å². The summed E-state index contributed by atoms with van der Waals surface area (Å²) in [6, 6.07) is 20.2. The number of allylic oxidation sites excluding steroid dienone is 5. The second-order valence-corrected chi connectivity index (χ2v) is 4.91. The van der Waals surface area contributed by atoms with Crippen LogP contribution in [-0.2, 0) is 4.79 Å². The van der Waals surface area contributed by atoms with Crippen molar-refractivity contribution < 1.29 is 4.79 Å². The number of hydrogen-bond acceptors (Lipinski definition) is 2. The van der Waals surface area contributed by atoms with E-state index in [-0.39, 0.29) is 5.78 Å². The number of rotatable bonds is 6. The fourth-order valence-electron chi connectivity index (χ4n) is 1.99. The summed E-state index contributed by atoms with van der Waals surface area (Å²) in [6.45, 7) is 1.52. The minimum Gasteiger partial charge on any atom is -0.295 e. The van der Waals surface area contributed by atoms with Gasteiger partial charge in [0, 0.05) is 17.3 Å². The quantitative estimate of drug-likeness (QED) is 0.430. The van der Waals surface area contributed by atoms with Crippen LogP contribution in [0.25, 0.3) is 0 Å². The van der Waals surface area contributed by atoms with Crippen LogP contribution >= 0.6 is 0 Å². The summed E-state index contributed by atoms with van der Waals surface area (Å²) in [6.07, 6.45) is 10.5. The molecule has 2 rings (SSSR count). The first kappa shape index (κ1) is 16.4. The van der Waals surface area contributed by atoms with Crippen LogP contribution in [0, 0.1) is 0 Å². The second-order valence-electron chi connectivity index (χ2n) is 4.91. The average Bonchev–Trinajstić information content (AvgIpc) is 2.59. The highest BCUT2D eigenvalue weighted by Crippen LogP contribution is 2.11. The molecule has 0 saturated heterocycles. The van der Waals surface area contributed by atoms with Gasteiger partial charge in [-0.05, 0) is 19.1 Å². The van der Waals surface area contributed by atoms with Crippen molar-refractivity contribution in [1.82, 2.24) is 0 Å². The van der Waals surface area contributed by atoms with Crippen molar-refractivity contribution in [3.63, 3.8) is 0 Å². The molecule has 23 heavy (non-hydrogen) atoms. The Kier molecular flexibility index (Phi) is 6.48. The minimum absolute atomic E-state index is 0.0343. The lowest BCUT2D eigenvalue weighted by molar-refractivity contribution is -0.112. The molecule has 0 N–H and O–H groups in total. The van der Waals surface area contributed by atoms with Crippen LogP contribution in [0.2, 0.25) is 0 Å². The van der Waals surface area contributed by atoms with Crippen molar-refractivity contribution in [2.75, 3.05) is 0 Å². The van der Waals surface area contributed by atoms with Gasteiger partial charge in [0.1, 0.15) is 0 Å². The zero-order valence-corrected chi connectivity index (χ0v) is 13.1. The molecule has 2 aromatic rings. The Hall–Kier alpha value is -3.00. The van der Waals surface area contributed by atoms with Crippen molar-refractivity contribution in [2.45, 2.75) is 6.92 Å². The number of aliphatic imine (C=N–C) groups is 1. The molecule has 0 aliphatic rings. The monoisotopic (exact) mass is 301 g/mol. The first-order valence-electron chi connectivity index (χ1n) is 7.46. The molecule has 0 spiro atoms. The molecule has 0 aromatic heterocycles. The SMILES string of the molecule is CC(=O)C=CC=CC=CN=C(c1ccccc1)c1ccccc1. The number of benzene rings is 2. The fourth-order valence-corrected chi connectivity index (χ4v) is 1.99. The first-order chi connectivity index (χ1) is 11.3. The molecule has 2 heteroatoms. The van der Waals surface area contributed by atoms with Gasteiger partial charge in [-0.25, -0.2) is 0 Å². The van der Waals surface area contributed by atoms with E-state index in [4.69, 9.17) is 0 Å². The molecule has 0 amide bonds. The van der Waals surface area contributed by atoms with Crippen LogP contribution < -0.4 is 0 Å².